The van der Waals surface area contributed by atoms with E-state index in [1.165, 1.54) is 5.56 Å². The van der Waals surface area contributed by atoms with Crippen LogP contribution in [0.3, 0.4) is 0 Å². The summed E-state index contributed by atoms with van der Waals surface area (Å²) in [7, 11) is 1.96. The molecule has 114 valence electrons. The third kappa shape index (κ3) is 3.16. The summed E-state index contributed by atoms with van der Waals surface area (Å²) in [5.41, 5.74) is 5.06. The second kappa shape index (κ2) is 5.98. The standard InChI is InChI=1S/C17H24FN3/c1-10-7-8-15(9-16(10)18)11(2)19-12(3)17-13(4)20-21(6)14(17)5/h7-9,11-12,19H,1-6H3. The van der Waals surface area contributed by atoms with E-state index in [0.717, 1.165) is 17.0 Å². The van der Waals surface area contributed by atoms with Gasteiger partial charge in [-0.05, 0) is 51.8 Å². The van der Waals surface area contributed by atoms with Gasteiger partial charge in [0.15, 0.2) is 0 Å². The predicted octanol–water partition coefficient (Wildman–Crippen LogP) is 3.90. The Morgan fingerprint density at radius 1 is 1.14 bits per heavy atom. The topological polar surface area (TPSA) is 29.9 Å². The second-order valence-electron chi connectivity index (χ2n) is 5.83. The monoisotopic (exact) mass is 289 g/mol. The van der Waals surface area contributed by atoms with Crippen LogP contribution in [0.2, 0.25) is 0 Å². The average Bonchev–Trinajstić information content (AvgIpc) is 2.66. The Morgan fingerprint density at radius 3 is 2.33 bits per heavy atom. The van der Waals surface area contributed by atoms with Crippen molar-refractivity contribution in [2.24, 2.45) is 7.05 Å². The third-order valence-electron chi connectivity index (χ3n) is 4.19. The SMILES string of the molecule is Cc1ccc(C(C)NC(C)c2c(C)nn(C)c2C)cc1F. The smallest absolute Gasteiger partial charge is 0.126 e. The van der Waals surface area contributed by atoms with Gasteiger partial charge < -0.3 is 5.32 Å². The van der Waals surface area contributed by atoms with Crippen LogP contribution in [0.4, 0.5) is 4.39 Å². The van der Waals surface area contributed by atoms with E-state index in [2.05, 4.69) is 31.2 Å². The Bertz CT molecular complexity index is 646. The molecule has 0 radical (unpaired) electrons. The van der Waals surface area contributed by atoms with Crippen LogP contribution in [0.1, 0.15) is 54.0 Å². The third-order valence-corrected chi connectivity index (χ3v) is 4.19. The van der Waals surface area contributed by atoms with Crippen LogP contribution in [-0.4, -0.2) is 9.78 Å². The molecular weight excluding hydrogens is 265 g/mol. The molecule has 0 fully saturated rings. The van der Waals surface area contributed by atoms with E-state index in [1.54, 1.807) is 13.0 Å². The summed E-state index contributed by atoms with van der Waals surface area (Å²) in [6.45, 7) is 10.1. The first kappa shape index (κ1) is 15.7. The van der Waals surface area contributed by atoms with Crippen molar-refractivity contribution in [1.29, 1.82) is 0 Å². The zero-order valence-corrected chi connectivity index (χ0v) is 13.7. The van der Waals surface area contributed by atoms with Gasteiger partial charge in [0.2, 0.25) is 0 Å². The summed E-state index contributed by atoms with van der Waals surface area (Å²) >= 11 is 0. The molecule has 1 aromatic heterocycles. The van der Waals surface area contributed by atoms with Crippen molar-refractivity contribution in [3.8, 4) is 0 Å². The van der Waals surface area contributed by atoms with Crippen LogP contribution in [0.5, 0.6) is 0 Å². The number of nitrogens with one attached hydrogen (secondary N) is 1. The van der Waals surface area contributed by atoms with Crippen molar-refractivity contribution >= 4 is 0 Å². The molecule has 2 rings (SSSR count). The molecule has 2 aromatic rings. The van der Waals surface area contributed by atoms with Crippen LogP contribution in [0.25, 0.3) is 0 Å². The van der Waals surface area contributed by atoms with Gasteiger partial charge in [-0.25, -0.2) is 4.39 Å². The van der Waals surface area contributed by atoms with Gasteiger partial charge in [-0.1, -0.05) is 12.1 Å². The van der Waals surface area contributed by atoms with Crippen molar-refractivity contribution in [3.63, 3.8) is 0 Å². The number of rotatable bonds is 4. The van der Waals surface area contributed by atoms with Crippen LogP contribution in [0.15, 0.2) is 18.2 Å². The fourth-order valence-electron chi connectivity index (χ4n) is 2.85. The largest absolute Gasteiger partial charge is 0.304 e. The van der Waals surface area contributed by atoms with Gasteiger partial charge in [0, 0.05) is 30.4 Å². The van der Waals surface area contributed by atoms with Gasteiger partial charge in [-0.15, -0.1) is 0 Å². The molecule has 0 amide bonds. The van der Waals surface area contributed by atoms with Gasteiger partial charge in [-0.3, -0.25) is 4.68 Å². The van der Waals surface area contributed by atoms with E-state index < -0.39 is 0 Å². The fraction of sp³-hybridized carbons (Fsp3) is 0.471. The number of hydrogen-bond donors (Lipinski definition) is 1. The molecule has 0 spiro atoms. The summed E-state index contributed by atoms with van der Waals surface area (Å²) in [4.78, 5) is 0. The minimum absolute atomic E-state index is 0.0779. The van der Waals surface area contributed by atoms with Crippen LogP contribution in [0, 0.1) is 26.6 Å². The van der Waals surface area contributed by atoms with Crippen molar-refractivity contribution < 1.29 is 4.39 Å². The van der Waals surface area contributed by atoms with Crippen LogP contribution < -0.4 is 5.32 Å². The van der Waals surface area contributed by atoms with Crippen LogP contribution in [-0.2, 0) is 7.05 Å². The molecule has 1 N–H and O–H groups in total. The summed E-state index contributed by atoms with van der Waals surface area (Å²) in [5, 5.41) is 7.99. The molecule has 1 heterocycles. The lowest BCUT2D eigenvalue weighted by atomic mass is 10.0. The maximum Gasteiger partial charge on any atom is 0.126 e. The fourth-order valence-corrected chi connectivity index (χ4v) is 2.85. The number of halogens is 1. The first-order valence-electron chi connectivity index (χ1n) is 7.33. The Morgan fingerprint density at radius 2 is 1.81 bits per heavy atom. The zero-order valence-electron chi connectivity index (χ0n) is 13.7. The highest BCUT2D eigenvalue weighted by Gasteiger charge is 2.18. The number of nitrogens with zero attached hydrogens (tertiary/aromatic N) is 2. The van der Waals surface area contributed by atoms with Crippen molar-refractivity contribution in [1.82, 2.24) is 15.1 Å². The van der Waals surface area contributed by atoms with Crippen LogP contribution >= 0.6 is 0 Å². The zero-order chi connectivity index (χ0) is 15.7. The molecule has 0 saturated heterocycles. The highest BCUT2D eigenvalue weighted by atomic mass is 19.1. The molecule has 21 heavy (non-hydrogen) atoms. The summed E-state index contributed by atoms with van der Waals surface area (Å²) < 4.78 is 15.6. The van der Waals surface area contributed by atoms with E-state index in [-0.39, 0.29) is 17.9 Å². The van der Waals surface area contributed by atoms with E-state index >= 15 is 0 Å². The van der Waals surface area contributed by atoms with E-state index in [4.69, 9.17) is 0 Å². The summed E-state index contributed by atoms with van der Waals surface area (Å²) in [5.74, 6) is -0.150. The van der Waals surface area contributed by atoms with Crippen molar-refractivity contribution in [2.75, 3.05) is 0 Å². The molecule has 2 atom stereocenters. The minimum Gasteiger partial charge on any atom is -0.304 e. The summed E-state index contributed by atoms with van der Waals surface area (Å²) in [6, 6.07) is 5.66. The number of aromatic nitrogens is 2. The first-order valence-corrected chi connectivity index (χ1v) is 7.33. The maximum absolute atomic E-state index is 13.7. The quantitative estimate of drug-likeness (QED) is 0.925. The molecule has 0 aliphatic rings. The molecule has 0 bridgehead atoms. The Kier molecular flexibility index (Phi) is 4.47. The maximum atomic E-state index is 13.7. The molecule has 0 aliphatic heterocycles. The highest BCUT2D eigenvalue weighted by molar-refractivity contribution is 5.29. The van der Waals surface area contributed by atoms with Gasteiger partial charge in [0.05, 0.1) is 5.69 Å². The average molecular weight is 289 g/mol. The van der Waals surface area contributed by atoms with Crippen molar-refractivity contribution in [2.45, 2.75) is 46.7 Å². The molecule has 0 saturated carbocycles. The van der Waals surface area contributed by atoms with E-state index in [0.29, 0.717) is 5.56 Å². The normalized spacial score (nSPS) is 14.2. The molecular formula is C17H24FN3. The number of aryl methyl sites for hydroxylation is 3. The minimum atomic E-state index is -0.150. The number of hydrogen-bond acceptors (Lipinski definition) is 2. The first-order chi connectivity index (χ1) is 9.81. The molecule has 2 unspecified atom stereocenters. The van der Waals surface area contributed by atoms with Gasteiger partial charge in [0.25, 0.3) is 0 Å². The Hall–Kier alpha value is -1.68. The Balaban J connectivity index is 2.18. The van der Waals surface area contributed by atoms with Gasteiger partial charge in [-0.2, -0.15) is 5.10 Å². The molecule has 3 nitrogen and oxygen atoms in total. The van der Waals surface area contributed by atoms with E-state index in [9.17, 15) is 4.39 Å². The lowest BCUT2D eigenvalue weighted by Crippen LogP contribution is -2.23. The van der Waals surface area contributed by atoms with Gasteiger partial charge in [0.1, 0.15) is 5.82 Å². The summed E-state index contributed by atoms with van der Waals surface area (Å²) in [6.07, 6.45) is 0. The van der Waals surface area contributed by atoms with Gasteiger partial charge >= 0.3 is 0 Å². The predicted molar refractivity (Wildman–Crippen MR) is 83.8 cm³/mol. The Labute approximate surface area is 126 Å². The molecule has 0 aliphatic carbocycles. The molecule has 4 heteroatoms. The molecule has 1 aromatic carbocycles. The highest BCUT2D eigenvalue weighted by Crippen LogP contribution is 2.24. The number of benzene rings is 1. The van der Waals surface area contributed by atoms with E-state index in [1.807, 2.05) is 30.8 Å². The lowest BCUT2D eigenvalue weighted by Gasteiger charge is -2.21. The second-order valence-corrected chi connectivity index (χ2v) is 5.83. The van der Waals surface area contributed by atoms with Crippen molar-refractivity contribution in [3.05, 3.63) is 52.1 Å². The lowest BCUT2D eigenvalue weighted by molar-refractivity contribution is 0.488.